The fourth-order valence-electron chi connectivity index (χ4n) is 3.65. The largest absolute Gasteiger partial charge is 0.462 e. The summed E-state index contributed by atoms with van der Waals surface area (Å²) in [7, 11) is 0. The second-order valence-electron chi connectivity index (χ2n) is 7.82. The quantitative estimate of drug-likeness (QED) is 0.386. The second-order valence-corrected chi connectivity index (χ2v) is 7.82. The zero-order valence-corrected chi connectivity index (χ0v) is 18.4. The van der Waals surface area contributed by atoms with E-state index in [4.69, 9.17) is 20.9 Å². The van der Waals surface area contributed by atoms with E-state index < -0.39 is 0 Å². The van der Waals surface area contributed by atoms with Crippen molar-refractivity contribution in [1.29, 1.82) is 0 Å². The molecule has 1 rings (SSSR count). The lowest BCUT2D eigenvalue weighted by Gasteiger charge is -2.35. The first kappa shape index (κ1) is 28.6. The third-order valence-corrected chi connectivity index (χ3v) is 5.07. The molecule has 0 radical (unpaired) electrons. The minimum atomic E-state index is -0.280. The molecule has 162 valence electrons. The molecule has 8 heteroatoms. The Morgan fingerprint density at radius 2 is 1.52 bits per heavy atom. The van der Waals surface area contributed by atoms with Crippen molar-refractivity contribution < 1.29 is 19.1 Å². The Bertz CT molecular complexity index is 417. The lowest BCUT2D eigenvalue weighted by atomic mass is 9.72. The van der Waals surface area contributed by atoms with Gasteiger partial charge in [0.15, 0.2) is 0 Å². The van der Waals surface area contributed by atoms with Crippen molar-refractivity contribution in [2.24, 2.45) is 28.7 Å². The zero-order valence-electron chi connectivity index (χ0n) is 16.7. The van der Waals surface area contributed by atoms with Gasteiger partial charge in [-0.05, 0) is 49.6 Å². The summed E-state index contributed by atoms with van der Waals surface area (Å²) in [6, 6.07) is 0. The minimum absolute atomic E-state index is 0. The molecule has 0 amide bonds. The first-order valence-electron chi connectivity index (χ1n) is 9.62. The van der Waals surface area contributed by atoms with E-state index in [1.165, 1.54) is 6.42 Å². The van der Waals surface area contributed by atoms with Crippen LogP contribution in [0.1, 0.15) is 65.2 Å². The van der Waals surface area contributed by atoms with Crippen LogP contribution in [-0.4, -0.2) is 38.2 Å². The Morgan fingerprint density at radius 3 is 2.00 bits per heavy atom. The maximum absolute atomic E-state index is 12.0. The molecule has 0 saturated heterocycles. The number of carbonyl (C=O) groups excluding carboxylic acids is 2. The van der Waals surface area contributed by atoms with Gasteiger partial charge in [0.05, 0.1) is 6.42 Å². The predicted octanol–water partition coefficient (Wildman–Crippen LogP) is 3.23. The average molecular weight is 429 g/mol. The molecule has 1 aliphatic rings. The van der Waals surface area contributed by atoms with Gasteiger partial charge in [-0.1, -0.05) is 33.1 Å². The molecule has 27 heavy (non-hydrogen) atoms. The summed E-state index contributed by atoms with van der Waals surface area (Å²) in [6.45, 7) is 5.40. The first-order chi connectivity index (χ1) is 11.9. The lowest BCUT2D eigenvalue weighted by molar-refractivity contribution is -0.154. The third-order valence-electron chi connectivity index (χ3n) is 5.07. The third kappa shape index (κ3) is 11.8. The van der Waals surface area contributed by atoms with Crippen LogP contribution in [0.25, 0.3) is 0 Å². The Morgan fingerprint density at radius 1 is 0.963 bits per heavy atom. The average Bonchev–Trinajstić information content (AvgIpc) is 2.58. The molecule has 1 saturated carbocycles. The highest BCUT2D eigenvalue weighted by molar-refractivity contribution is 5.85. The first-order valence-corrected chi connectivity index (χ1v) is 9.62. The molecule has 0 bridgehead atoms. The molecule has 4 N–H and O–H groups in total. The number of rotatable bonds is 11. The van der Waals surface area contributed by atoms with Crippen LogP contribution in [-0.2, 0) is 19.1 Å². The fourth-order valence-corrected chi connectivity index (χ4v) is 3.65. The van der Waals surface area contributed by atoms with Gasteiger partial charge in [-0.15, -0.1) is 24.8 Å². The monoisotopic (exact) mass is 428 g/mol. The van der Waals surface area contributed by atoms with E-state index in [9.17, 15) is 9.59 Å². The molecule has 0 aromatic carbocycles. The summed E-state index contributed by atoms with van der Waals surface area (Å²) >= 11 is 0. The Kier molecular flexibility index (Phi) is 16.3. The van der Waals surface area contributed by atoms with Crippen LogP contribution in [0.15, 0.2) is 0 Å². The summed E-state index contributed by atoms with van der Waals surface area (Å²) in [5, 5.41) is 0. The maximum atomic E-state index is 12.0. The molecule has 6 nitrogen and oxygen atoms in total. The SMILES string of the molecule is CC(C)C[C@@H](CN)CC(=O)OCCOC(=O)CC1(CN)CCCCC1.Cl.Cl. The summed E-state index contributed by atoms with van der Waals surface area (Å²) in [6.07, 6.45) is 7.03. The second kappa shape index (κ2) is 15.4. The number of ether oxygens (including phenoxy) is 2. The summed E-state index contributed by atoms with van der Waals surface area (Å²) in [5.41, 5.74) is 11.5. The Labute approximate surface area is 176 Å². The smallest absolute Gasteiger partial charge is 0.306 e. The number of esters is 2. The summed E-state index contributed by atoms with van der Waals surface area (Å²) in [4.78, 5) is 23.8. The van der Waals surface area contributed by atoms with Crippen LogP contribution >= 0.6 is 24.8 Å². The number of nitrogens with two attached hydrogens (primary N) is 2. The van der Waals surface area contributed by atoms with E-state index in [1.54, 1.807) is 0 Å². The van der Waals surface area contributed by atoms with Crippen LogP contribution in [0.5, 0.6) is 0 Å². The molecular formula is C19H38Cl2N2O4. The molecule has 0 spiro atoms. The zero-order chi connectivity index (χ0) is 18.7. The van der Waals surface area contributed by atoms with Crippen LogP contribution < -0.4 is 11.5 Å². The van der Waals surface area contributed by atoms with Crippen molar-refractivity contribution >= 4 is 36.8 Å². The number of hydrogen-bond acceptors (Lipinski definition) is 6. The van der Waals surface area contributed by atoms with Crippen LogP contribution in [0.2, 0.25) is 0 Å². The van der Waals surface area contributed by atoms with E-state index in [0.717, 1.165) is 32.1 Å². The molecule has 0 aliphatic heterocycles. The van der Waals surface area contributed by atoms with Crippen molar-refractivity contribution in [3.8, 4) is 0 Å². The van der Waals surface area contributed by atoms with E-state index in [1.807, 2.05) is 0 Å². The minimum Gasteiger partial charge on any atom is -0.462 e. The van der Waals surface area contributed by atoms with Crippen molar-refractivity contribution in [3.05, 3.63) is 0 Å². The normalized spacial score (nSPS) is 16.6. The van der Waals surface area contributed by atoms with Crippen molar-refractivity contribution in [2.75, 3.05) is 26.3 Å². The highest BCUT2D eigenvalue weighted by Gasteiger charge is 2.33. The standard InChI is InChI=1S/C19H36N2O4.2ClH/c1-15(2)10-16(13-20)11-17(22)24-8-9-25-18(23)12-19(14-21)6-4-3-5-7-19;;/h15-16H,3-14,20-21H2,1-2H3;2*1H/t16-;;/m1../s1. The van der Waals surface area contributed by atoms with Crippen molar-refractivity contribution in [1.82, 2.24) is 0 Å². The lowest BCUT2D eigenvalue weighted by Crippen LogP contribution is -2.35. The topological polar surface area (TPSA) is 105 Å². The number of carbonyl (C=O) groups is 2. The molecular weight excluding hydrogens is 391 g/mol. The summed E-state index contributed by atoms with van der Waals surface area (Å²) < 4.78 is 10.4. The van der Waals surface area contributed by atoms with Gasteiger partial charge in [0, 0.05) is 6.42 Å². The molecule has 0 heterocycles. The molecule has 0 unspecified atom stereocenters. The molecule has 1 aliphatic carbocycles. The van der Waals surface area contributed by atoms with Gasteiger partial charge in [0.25, 0.3) is 0 Å². The van der Waals surface area contributed by atoms with Gasteiger partial charge in [-0.2, -0.15) is 0 Å². The van der Waals surface area contributed by atoms with Crippen molar-refractivity contribution in [2.45, 2.75) is 65.2 Å². The van der Waals surface area contributed by atoms with Crippen molar-refractivity contribution in [3.63, 3.8) is 0 Å². The number of hydrogen-bond donors (Lipinski definition) is 2. The Hall–Kier alpha value is -0.560. The fraction of sp³-hybridized carbons (Fsp3) is 0.895. The van der Waals surface area contributed by atoms with Gasteiger partial charge in [0.2, 0.25) is 0 Å². The van der Waals surface area contributed by atoms with Gasteiger partial charge < -0.3 is 20.9 Å². The highest BCUT2D eigenvalue weighted by atomic mass is 35.5. The highest BCUT2D eigenvalue weighted by Crippen LogP contribution is 2.38. The van der Waals surface area contributed by atoms with E-state index >= 15 is 0 Å². The van der Waals surface area contributed by atoms with E-state index in [0.29, 0.717) is 31.8 Å². The van der Waals surface area contributed by atoms with Gasteiger partial charge in [0.1, 0.15) is 13.2 Å². The molecule has 1 atom stereocenters. The predicted molar refractivity (Wildman–Crippen MR) is 112 cm³/mol. The van der Waals surface area contributed by atoms with E-state index in [-0.39, 0.29) is 61.3 Å². The Balaban J connectivity index is 0. The summed E-state index contributed by atoms with van der Waals surface area (Å²) in [5.74, 6) is 0.114. The molecule has 0 aromatic heterocycles. The van der Waals surface area contributed by atoms with Crippen LogP contribution in [0.3, 0.4) is 0 Å². The van der Waals surface area contributed by atoms with Gasteiger partial charge in [-0.25, -0.2) is 0 Å². The van der Waals surface area contributed by atoms with Crippen LogP contribution in [0, 0.1) is 17.3 Å². The molecule has 1 fully saturated rings. The van der Waals surface area contributed by atoms with Gasteiger partial charge >= 0.3 is 11.9 Å². The molecule has 0 aromatic rings. The van der Waals surface area contributed by atoms with Crippen LogP contribution in [0.4, 0.5) is 0 Å². The van der Waals surface area contributed by atoms with E-state index in [2.05, 4.69) is 13.8 Å². The van der Waals surface area contributed by atoms with Gasteiger partial charge in [-0.3, -0.25) is 9.59 Å². The number of halogens is 2. The maximum Gasteiger partial charge on any atom is 0.306 e.